The van der Waals surface area contributed by atoms with Gasteiger partial charge in [-0.15, -0.1) is 0 Å². The Bertz CT molecular complexity index is 497. The lowest BCUT2D eigenvalue weighted by Gasteiger charge is -2.13. The molecule has 0 amide bonds. The molecule has 0 fully saturated rings. The van der Waals surface area contributed by atoms with Gasteiger partial charge < -0.3 is 15.2 Å². The summed E-state index contributed by atoms with van der Waals surface area (Å²) in [5, 5.41) is 17.3. The Kier molecular flexibility index (Phi) is 4.23. The number of thiophene rings is 1. The lowest BCUT2D eigenvalue weighted by Crippen LogP contribution is -2.17. The molecule has 18 heavy (non-hydrogen) atoms. The summed E-state index contributed by atoms with van der Waals surface area (Å²) in [6.07, 6.45) is 0. The third-order valence-electron chi connectivity index (χ3n) is 2.90. The van der Waals surface area contributed by atoms with Crippen LogP contribution in [0, 0.1) is 0 Å². The molecule has 0 aliphatic rings. The van der Waals surface area contributed by atoms with Gasteiger partial charge in [0.15, 0.2) is 11.5 Å². The van der Waals surface area contributed by atoms with Gasteiger partial charge in [-0.25, -0.2) is 0 Å². The van der Waals surface area contributed by atoms with Crippen LogP contribution in [0.15, 0.2) is 35.0 Å². The fourth-order valence-electron chi connectivity index (χ4n) is 1.76. The molecule has 3 nitrogen and oxygen atoms in total. The second-order valence-electron chi connectivity index (χ2n) is 4.17. The van der Waals surface area contributed by atoms with Crippen LogP contribution >= 0.6 is 11.3 Å². The van der Waals surface area contributed by atoms with Crippen LogP contribution in [0.3, 0.4) is 0 Å². The topological polar surface area (TPSA) is 41.5 Å². The van der Waals surface area contributed by atoms with Crippen molar-refractivity contribution in [2.24, 2.45) is 0 Å². The van der Waals surface area contributed by atoms with E-state index in [1.807, 2.05) is 6.07 Å². The van der Waals surface area contributed by atoms with Crippen LogP contribution in [0.2, 0.25) is 0 Å². The van der Waals surface area contributed by atoms with Crippen molar-refractivity contribution in [1.29, 1.82) is 0 Å². The summed E-state index contributed by atoms with van der Waals surface area (Å²) in [6, 6.07) is 7.88. The maximum Gasteiger partial charge on any atom is 0.160 e. The summed E-state index contributed by atoms with van der Waals surface area (Å²) in [5.41, 5.74) is 2.33. The van der Waals surface area contributed by atoms with Crippen molar-refractivity contribution < 1.29 is 9.84 Å². The smallest absolute Gasteiger partial charge is 0.160 e. The van der Waals surface area contributed by atoms with Crippen LogP contribution in [0.1, 0.15) is 24.1 Å². The second kappa shape index (κ2) is 5.89. The first-order chi connectivity index (χ1) is 8.70. The first kappa shape index (κ1) is 12.9. The predicted molar refractivity (Wildman–Crippen MR) is 74.2 cm³/mol. The summed E-state index contributed by atoms with van der Waals surface area (Å²) in [7, 11) is 1.55. The number of methoxy groups -OCH3 is 1. The highest BCUT2D eigenvalue weighted by Gasteiger charge is 2.06. The van der Waals surface area contributed by atoms with E-state index in [2.05, 4.69) is 29.1 Å². The van der Waals surface area contributed by atoms with E-state index in [0.29, 0.717) is 18.3 Å². The number of hydrogen-bond donors (Lipinski definition) is 2. The lowest BCUT2D eigenvalue weighted by molar-refractivity contribution is 0.373. The molecular formula is C14H17NO2S. The van der Waals surface area contributed by atoms with E-state index in [0.717, 1.165) is 5.56 Å². The average Bonchev–Trinajstić information content (AvgIpc) is 2.90. The molecule has 1 aromatic carbocycles. The van der Waals surface area contributed by atoms with E-state index in [1.54, 1.807) is 30.6 Å². The Morgan fingerprint density at radius 2 is 2.22 bits per heavy atom. The van der Waals surface area contributed by atoms with Crippen LogP contribution in [0.4, 0.5) is 0 Å². The van der Waals surface area contributed by atoms with Crippen molar-refractivity contribution in [3.05, 3.63) is 46.2 Å². The van der Waals surface area contributed by atoms with Gasteiger partial charge in [-0.2, -0.15) is 11.3 Å². The molecule has 0 saturated heterocycles. The molecule has 2 N–H and O–H groups in total. The number of hydrogen-bond acceptors (Lipinski definition) is 4. The van der Waals surface area contributed by atoms with Crippen molar-refractivity contribution in [1.82, 2.24) is 5.32 Å². The molecule has 0 saturated carbocycles. The lowest BCUT2D eigenvalue weighted by atomic mass is 10.1. The van der Waals surface area contributed by atoms with Crippen molar-refractivity contribution >= 4 is 11.3 Å². The zero-order valence-corrected chi connectivity index (χ0v) is 11.3. The Balaban J connectivity index is 1.96. The molecule has 96 valence electrons. The maximum atomic E-state index is 9.69. The summed E-state index contributed by atoms with van der Waals surface area (Å²) < 4.78 is 5.02. The van der Waals surface area contributed by atoms with Crippen LogP contribution in [-0.4, -0.2) is 12.2 Å². The Hall–Kier alpha value is -1.52. The summed E-state index contributed by atoms with van der Waals surface area (Å²) >= 11 is 1.70. The molecule has 0 aliphatic carbocycles. The van der Waals surface area contributed by atoms with E-state index in [9.17, 15) is 5.11 Å². The molecule has 1 atom stereocenters. The number of ether oxygens (including phenoxy) is 1. The fraction of sp³-hybridized carbons (Fsp3) is 0.286. The van der Waals surface area contributed by atoms with Crippen molar-refractivity contribution in [2.75, 3.05) is 7.11 Å². The van der Waals surface area contributed by atoms with Gasteiger partial charge in [0.1, 0.15) is 0 Å². The molecular weight excluding hydrogens is 246 g/mol. The summed E-state index contributed by atoms with van der Waals surface area (Å²) in [5.74, 6) is 0.685. The highest BCUT2D eigenvalue weighted by molar-refractivity contribution is 7.07. The zero-order chi connectivity index (χ0) is 13.0. The first-order valence-electron chi connectivity index (χ1n) is 5.82. The van der Waals surface area contributed by atoms with Crippen LogP contribution in [0.25, 0.3) is 0 Å². The monoisotopic (exact) mass is 263 g/mol. The molecule has 0 radical (unpaired) electrons. The minimum absolute atomic E-state index is 0.181. The number of rotatable bonds is 5. The molecule has 0 bridgehead atoms. The van der Waals surface area contributed by atoms with E-state index in [4.69, 9.17) is 4.74 Å². The highest BCUT2D eigenvalue weighted by atomic mass is 32.1. The number of phenols is 1. The number of aromatic hydroxyl groups is 1. The molecule has 1 aromatic heterocycles. The Morgan fingerprint density at radius 1 is 1.39 bits per heavy atom. The molecule has 1 unspecified atom stereocenters. The van der Waals surface area contributed by atoms with E-state index in [1.165, 1.54) is 5.56 Å². The molecule has 0 spiro atoms. The maximum absolute atomic E-state index is 9.69. The second-order valence-corrected chi connectivity index (χ2v) is 4.95. The minimum Gasteiger partial charge on any atom is -0.504 e. The van der Waals surface area contributed by atoms with E-state index >= 15 is 0 Å². The molecule has 4 heteroatoms. The van der Waals surface area contributed by atoms with Gasteiger partial charge >= 0.3 is 0 Å². The highest BCUT2D eigenvalue weighted by Crippen LogP contribution is 2.26. The van der Waals surface area contributed by atoms with E-state index < -0.39 is 0 Å². The van der Waals surface area contributed by atoms with Crippen LogP contribution in [0.5, 0.6) is 11.5 Å². The third kappa shape index (κ3) is 3.03. The molecule has 0 aliphatic heterocycles. The van der Waals surface area contributed by atoms with E-state index in [-0.39, 0.29) is 5.75 Å². The molecule has 1 heterocycles. The van der Waals surface area contributed by atoms with Gasteiger partial charge in [0.05, 0.1) is 7.11 Å². The first-order valence-corrected chi connectivity index (χ1v) is 6.76. The van der Waals surface area contributed by atoms with Gasteiger partial charge in [0.25, 0.3) is 0 Å². The van der Waals surface area contributed by atoms with Crippen molar-refractivity contribution in [2.45, 2.75) is 19.5 Å². The van der Waals surface area contributed by atoms with Crippen LogP contribution in [-0.2, 0) is 6.54 Å². The van der Waals surface area contributed by atoms with Gasteiger partial charge in [0, 0.05) is 12.6 Å². The van der Waals surface area contributed by atoms with Crippen molar-refractivity contribution in [3.63, 3.8) is 0 Å². The van der Waals surface area contributed by atoms with Crippen molar-refractivity contribution in [3.8, 4) is 11.5 Å². The predicted octanol–water partition coefficient (Wildman–Crippen LogP) is 3.31. The molecule has 2 aromatic rings. The quantitative estimate of drug-likeness (QED) is 0.869. The summed E-state index contributed by atoms with van der Waals surface area (Å²) in [6.45, 7) is 2.85. The standard InChI is InChI=1S/C14H17NO2S/c1-10(12-5-6-18-9-12)15-8-11-3-4-14(17-2)13(16)7-11/h3-7,9-10,15-16H,8H2,1-2H3. The fourth-order valence-corrected chi connectivity index (χ4v) is 2.51. The number of benzene rings is 1. The third-order valence-corrected chi connectivity index (χ3v) is 3.60. The summed E-state index contributed by atoms with van der Waals surface area (Å²) in [4.78, 5) is 0. The number of nitrogens with one attached hydrogen (secondary N) is 1. The normalized spacial score (nSPS) is 12.3. The van der Waals surface area contributed by atoms with Gasteiger partial charge in [0.2, 0.25) is 0 Å². The largest absolute Gasteiger partial charge is 0.504 e. The minimum atomic E-state index is 0.181. The van der Waals surface area contributed by atoms with Gasteiger partial charge in [-0.05, 0) is 47.0 Å². The zero-order valence-electron chi connectivity index (χ0n) is 10.5. The van der Waals surface area contributed by atoms with Gasteiger partial charge in [-0.3, -0.25) is 0 Å². The Morgan fingerprint density at radius 3 is 2.83 bits per heavy atom. The van der Waals surface area contributed by atoms with Gasteiger partial charge in [-0.1, -0.05) is 6.07 Å². The SMILES string of the molecule is COc1ccc(CNC(C)c2ccsc2)cc1O. The van der Waals surface area contributed by atoms with Crippen LogP contribution < -0.4 is 10.1 Å². The average molecular weight is 263 g/mol. The molecule has 2 rings (SSSR count). The number of phenolic OH excluding ortho intramolecular Hbond substituents is 1. The Labute approximate surface area is 111 Å².